The van der Waals surface area contributed by atoms with Gasteiger partial charge in [0, 0.05) is 0 Å². The molecule has 1 amide bonds. The maximum atomic E-state index is 12.4. The van der Waals surface area contributed by atoms with Crippen LogP contribution in [-0.2, 0) is 4.79 Å². The Balaban J connectivity index is 3.82. The van der Waals surface area contributed by atoms with Crippen molar-refractivity contribution >= 4 is 5.91 Å². The first-order chi connectivity index (χ1) is 21.5. The van der Waals surface area contributed by atoms with E-state index >= 15 is 0 Å². The predicted molar refractivity (Wildman–Crippen MR) is 187 cm³/mol. The fourth-order valence-corrected chi connectivity index (χ4v) is 5.85. The second-order valence-corrected chi connectivity index (χ2v) is 13.3. The second kappa shape index (κ2) is 33.4. The molecule has 0 bridgehead atoms. The third-order valence-corrected chi connectivity index (χ3v) is 8.95. The first-order valence-electron chi connectivity index (χ1n) is 19.1. The van der Waals surface area contributed by atoms with Crippen LogP contribution in [0.3, 0.4) is 0 Å². The highest BCUT2D eigenvalue weighted by atomic mass is 16.3. The number of hydrogen-bond acceptors (Lipinski definition) is 5. The molecule has 0 aliphatic rings. The van der Waals surface area contributed by atoms with E-state index in [9.17, 15) is 25.2 Å². The third-order valence-electron chi connectivity index (χ3n) is 8.95. The summed E-state index contributed by atoms with van der Waals surface area (Å²) in [4.78, 5) is 12.4. The number of nitrogens with one attached hydrogen (secondary N) is 1. The minimum absolute atomic E-state index is 0.381. The molecule has 44 heavy (non-hydrogen) atoms. The van der Waals surface area contributed by atoms with Crippen molar-refractivity contribution in [3.63, 3.8) is 0 Å². The Kier molecular flexibility index (Phi) is 32.7. The number of carbonyl (C=O) groups is 1. The number of amides is 1. The highest BCUT2D eigenvalue weighted by molar-refractivity contribution is 5.80. The molecular weight excluding hydrogens is 550 g/mol. The number of hydrogen-bond donors (Lipinski definition) is 5. The Morgan fingerprint density at radius 1 is 0.523 bits per heavy atom. The van der Waals surface area contributed by atoms with Crippen LogP contribution >= 0.6 is 0 Å². The molecule has 0 fully saturated rings. The maximum absolute atomic E-state index is 12.4. The summed E-state index contributed by atoms with van der Waals surface area (Å²) in [6.45, 7) is 4.06. The van der Waals surface area contributed by atoms with Crippen LogP contribution in [0, 0.1) is 0 Å². The molecule has 0 aromatic rings. The standard InChI is InChI=1S/C38H75NO5/c1-3-5-7-9-11-13-15-16-17-18-19-20-22-24-26-28-30-37(43)38(44)39-35(33-40)36(42)32-31-34(41)29-27-25-23-21-14-12-10-8-6-4-2/h31-32,34-37,40-43H,3-30,33H2,1-2H3,(H,39,44)/b32-31+. The highest BCUT2D eigenvalue weighted by Crippen LogP contribution is 2.15. The SMILES string of the molecule is CCCCCCCCCCCCCCCCCCC(O)C(=O)NC(CO)C(O)/C=C/C(O)CCCCCCCCCCCC. The highest BCUT2D eigenvalue weighted by Gasteiger charge is 2.22. The van der Waals surface area contributed by atoms with Gasteiger partial charge in [-0.15, -0.1) is 0 Å². The van der Waals surface area contributed by atoms with Gasteiger partial charge >= 0.3 is 0 Å². The third kappa shape index (κ3) is 28.5. The fourth-order valence-electron chi connectivity index (χ4n) is 5.85. The fraction of sp³-hybridized carbons (Fsp3) is 0.921. The number of aliphatic hydroxyl groups excluding tert-OH is 4. The lowest BCUT2D eigenvalue weighted by atomic mass is 10.0. The summed E-state index contributed by atoms with van der Waals surface area (Å²) >= 11 is 0. The molecule has 0 saturated carbocycles. The first-order valence-corrected chi connectivity index (χ1v) is 19.1. The van der Waals surface area contributed by atoms with E-state index < -0.39 is 36.9 Å². The molecule has 0 aromatic carbocycles. The average Bonchev–Trinajstić information content (AvgIpc) is 3.02. The molecule has 262 valence electrons. The molecule has 4 unspecified atom stereocenters. The van der Waals surface area contributed by atoms with Gasteiger partial charge in [-0.1, -0.05) is 193 Å². The average molecular weight is 626 g/mol. The zero-order chi connectivity index (χ0) is 32.5. The molecule has 0 aliphatic carbocycles. The van der Waals surface area contributed by atoms with Crippen molar-refractivity contribution in [1.82, 2.24) is 5.32 Å². The van der Waals surface area contributed by atoms with E-state index in [2.05, 4.69) is 19.2 Å². The van der Waals surface area contributed by atoms with Crippen LogP contribution in [0.25, 0.3) is 0 Å². The zero-order valence-electron chi connectivity index (χ0n) is 29.2. The quantitative estimate of drug-likeness (QED) is 0.0362. The Bertz CT molecular complexity index is 628. The van der Waals surface area contributed by atoms with Gasteiger partial charge in [-0.25, -0.2) is 0 Å². The zero-order valence-corrected chi connectivity index (χ0v) is 29.2. The van der Waals surface area contributed by atoms with Gasteiger partial charge in [-0.2, -0.15) is 0 Å². The van der Waals surface area contributed by atoms with E-state index in [0.29, 0.717) is 12.8 Å². The summed E-state index contributed by atoms with van der Waals surface area (Å²) in [6.07, 6.45) is 33.9. The molecule has 0 radical (unpaired) electrons. The summed E-state index contributed by atoms with van der Waals surface area (Å²) in [5, 5.41) is 43.1. The van der Waals surface area contributed by atoms with Crippen LogP contribution in [0.2, 0.25) is 0 Å². The Hall–Kier alpha value is -0.950. The molecule has 0 aromatic heterocycles. The van der Waals surface area contributed by atoms with Gasteiger partial charge < -0.3 is 25.7 Å². The molecule has 0 aliphatic heterocycles. The minimum atomic E-state index is -1.14. The summed E-state index contributed by atoms with van der Waals surface area (Å²) < 4.78 is 0. The molecule has 5 N–H and O–H groups in total. The molecule has 0 rings (SSSR count). The lowest BCUT2D eigenvalue weighted by Crippen LogP contribution is -2.48. The minimum Gasteiger partial charge on any atom is -0.394 e. The van der Waals surface area contributed by atoms with Gasteiger partial charge in [0.05, 0.1) is 24.9 Å². The summed E-state index contributed by atoms with van der Waals surface area (Å²) in [5.41, 5.74) is 0. The smallest absolute Gasteiger partial charge is 0.249 e. The Labute approximate surface area is 272 Å². The summed E-state index contributed by atoms with van der Waals surface area (Å²) in [6, 6.07) is -0.913. The van der Waals surface area contributed by atoms with Crippen molar-refractivity contribution in [2.24, 2.45) is 0 Å². The van der Waals surface area contributed by atoms with Gasteiger partial charge in [0.15, 0.2) is 0 Å². The van der Waals surface area contributed by atoms with E-state index in [1.807, 2.05) is 0 Å². The number of aliphatic hydroxyl groups is 4. The molecule has 6 nitrogen and oxygen atoms in total. The van der Waals surface area contributed by atoms with Crippen LogP contribution in [0.1, 0.15) is 194 Å². The predicted octanol–water partition coefficient (Wildman–Crippen LogP) is 9.07. The van der Waals surface area contributed by atoms with Crippen LogP contribution in [0.5, 0.6) is 0 Å². The molecule has 6 heteroatoms. The lowest BCUT2D eigenvalue weighted by Gasteiger charge is -2.22. The number of unbranched alkanes of at least 4 members (excludes halogenated alkanes) is 24. The van der Waals surface area contributed by atoms with Crippen LogP contribution in [0.15, 0.2) is 12.2 Å². The van der Waals surface area contributed by atoms with E-state index in [4.69, 9.17) is 0 Å². The van der Waals surface area contributed by atoms with Crippen molar-refractivity contribution < 1.29 is 25.2 Å². The van der Waals surface area contributed by atoms with Gasteiger partial charge in [0.25, 0.3) is 0 Å². The van der Waals surface area contributed by atoms with E-state index in [-0.39, 0.29) is 0 Å². The van der Waals surface area contributed by atoms with Crippen LogP contribution in [0.4, 0.5) is 0 Å². The second-order valence-electron chi connectivity index (χ2n) is 13.3. The van der Waals surface area contributed by atoms with Crippen LogP contribution < -0.4 is 5.32 Å². The Morgan fingerprint density at radius 2 is 0.864 bits per heavy atom. The normalized spacial score (nSPS) is 14.6. The Morgan fingerprint density at radius 3 is 1.23 bits per heavy atom. The maximum Gasteiger partial charge on any atom is 0.249 e. The lowest BCUT2D eigenvalue weighted by molar-refractivity contribution is -0.131. The number of rotatable bonds is 34. The van der Waals surface area contributed by atoms with Crippen molar-refractivity contribution in [3.8, 4) is 0 Å². The van der Waals surface area contributed by atoms with Crippen molar-refractivity contribution in [1.29, 1.82) is 0 Å². The van der Waals surface area contributed by atoms with Crippen molar-refractivity contribution in [2.45, 2.75) is 218 Å². The van der Waals surface area contributed by atoms with Crippen molar-refractivity contribution in [2.75, 3.05) is 6.61 Å². The molecule has 0 heterocycles. The van der Waals surface area contributed by atoms with E-state index in [0.717, 1.165) is 32.1 Å². The summed E-state index contributed by atoms with van der Waals surface area (Å²) in [5.74, 6) is -0.566. The van der Waals surface area contributed by atoms with E-state index in [1.165, 1.54) is 141 Å². The molecule has 0 saturated heterocycles. The first kappa shape index (κ1) is 43.0. The van der Waals surface area contributed by atoms with Gasteiger partial charge in [0.1, 0.15) is 6.10 Å². The van der Waals surface area contributed by atoms with Gasteiger partial charge in [0.2, 0.25) is 5.91 Å². The molecule has 4 atom stereocenters. The number of carbonyl (C=O) groups excluding carboxylic acids is 1. The van der Waals surface area contributed by atoms with Gasteiger partial charge in [-0.3, -0.25) is 4.79 Å². The molecular formula is C38H75NO5. The summed E-state index contributed by atoms with van der Waals surface area (Å²) in [7, 11) is 0. The van der Waals surface area contributed by atoms with Crippen molar-refractivity contribution in [3.05, 3.63) is 12.2 Å². The monoisotopic (exact) mass is 626 g/mol. The topological polar surface area (TPSA) is 110 Å². The van der Waals surface area contributed by atoms with Crippen LogP contribution in [-0.4, -0.2) is 57.3 Å². The van der Waals surface area contributed by atoms with E-state index in [1.54, 1.807) is 6.08 Å². The largest absolute Gasteiger partial charge is 0.394 e. The van der Waals surface area contributed by atoms with Gasteiger partial charge in [-0.05, 0) is 12.8 Å². The molecule has 0 spiro atoms.